The Labute approximate surface area is 90.4 Å². The molecule has 1 heterocycles. The van der Waals surface area contributed by atoms with Crippen molar-refractivity contribution in [3.63, 3.8) is 0 Å². The summed E-state index contributed by atoms with van der Waals surface area (Å²) in [4.78, 5) is 15.7. The van der Waals surface area contributed by atoms with E-state index in [4.69, 9.17) is 0 Å². The molecule has 4 heteroatoms. The Kier molecular flexibility index (Phi) is 2.37. The quantitative estimate of drug-likeness (QED) is 0.758. The highest BCUT2D eigenvalue weighted by atomic mass is 79.9. The third kappa shape index (κ3) is 1.85. The Balaban J connectivity index is 2.54. The van der Waals surface area contributed by atoms with Crippen LogP contribution in [0, 0.1) is 0 Å². The monoisotopic (exact) mass is 252 g/mol. The second kappa shape index (κ2) is 3.53. The molecule has 1 N–H and O–H groups in total. The molecule has 0 fully saturated rings. The predicted octanol–water partition coefficient (Wildman–Crippen LogP) is 2.88. The number of anilines is 1. The van der Waals surface area contributed by atoms with Crippen molar-refractivity contribution in [1.29, 1.82) is 0 Å². The molecule has 2 rings (SSSR count). The molecule has 1 aromatic rings. The number of halogens is 1. The maximum atomic E-state index is 11.3. The normalized spacial score (nSPS) is 15.3. The van der Waals surface area contributed by atoms with Gasteiger partial charge in [-0.1, -0.05) is 15.9 Å². The summed E-state index contributed by atoms with van der Waals surface area (Å²) in [5, 5.41) is 2.81. The van der Waals surface area contributed by atoms with Crippen LogP contribution in [0.3, 0.4) is 0 Å². The van der Waals surface area contributed by atoms with Gasteiger partial charge in [0.2, 0.25) is 5.91 Å². The molecule has 72 valence electrons. The lowest BCUT2D eigenvalue weighted by Gasteiger charge is -2.03. The number of fused-ring (bicyclic) bond motifs is 1. The second-order valence-electron chi connectivity index (χ2n) is 3.23. The molecule has 1 aliphatic heterocycles. The van der Waals surface area contributed by atoms with Crippen molar-refractivity contribution in [3.8, 4) is 0 Å². The van der Waals surface area contributed by atoms with Crippen LogP contribution in [0.1, 0.15) is 13.3 Å². The zero-order valence-corrected chi connectivity index (χ0v) is 9.26. The maximum absolute atomic E-state index is 11.3. The number of amides is 1. The Morgan fingerprint density at radius 3 is 3.07 bits per heavy atom. The first-order valence-electron chi connectivity index (χ1n) is 4.29. The number of nitrogens with one attached hydrogen (secondary N) is 1. The van der Waals surface area contributed by atoms with Crippen LogP contribution in [0.4, 0.5) is 11.4 Å². The number of benzene rings is 1. The molecular weight excluding hydrogens is 244 g/mol. The van der Waals surface area contributed by atoms with Gasteiger partial charge in [-0.3, -0.25) is 9.79 Å². The van der Waals surface area contributed by atoms with Crippen LogP contribution in [0.25, 0.3) is 0 Å². The van der Waals surface area contributed by atoms with Gasteiger partial charge < -0.3 is 5.32 Å². The fourth-order valence-electron chi connectivity index (χ4n) is 1.37. The molecule has 0 radical (unpaired) electrons. The molecule has 0 spiro atoms. The van der Waals surface area contributed by atoms with Crippen molar-refractivity contribution in [2.45, 2.75) is 13.3 Å². The standard InChI is InChI=1S/C10H9BrN2O/c1-6-4-10(14)13-8-3-2-7(11)5-9(8)12-6/h2-3,5H,4H2,1H3,(H,13,14). The lowest BCUT2D eigenvalue weighted by molar-refractivity contribution is -0.115. The van der Waals surface area contributed by atoms with Gasteiger partial charge in [0.1, 0.15) is 0 Å². The van der Waals surface area contributed by atoms with Gasteiger partial charge in [-0.15, -0.1) is 0 Å². The van der Waals surface area contributed by atoms with Crippen molar-refractivity contribution in [1.82, 2.24) is 0 Å². The third-order valence-corrected chi connectivity index (χ3v) is 2.45. The van der Waals surface area contributed by atoms with E-state index >= 15 is 0 Å². The van der Waals surface area contributed by atoms with Gasteiger partial charge in [0.25, 0.3) is 0 Å². The lowest BCUT2D eigenvalue weighted by Crippen LogP contribution is -2.12. The molecule has 14 heavy (non-hydrogen) atoms. The molecule has 0 saturated carbocycles. The van der Waals surface area contributed by atoms with Crippen LogP contribution in [0.2, 0.25) is 0 Å². The number of carbonyl (C=O) groups excluding carboxylic acids is 1. The zero-order chi connectivity index (χ0) is 10.1. The zero-order valence-electron chi connectivity index (χ0n) is 7.67. The molecule has 1 aromatic carbocycles. The third-order valence-electron chi connectivity index (χ3n) is 1.96. The first kappa shape index (κ1) is 9.40. The van der Waals surface area contributed by atoms with E-state index in [0.717, 1.165) is 21.6 Å². The van der Waals surface area contributed by atoms with E-state index in [-0.39, 0.29) is 5.91 Å². The maximum Gasteiger partial charge on any atom is 0.230 e. The van der Waals surface area contributed by atoms with Crippen LogP contribution in [-0.4, -0.2) is 11.6 Å². The van der Waals surface area contributed by atoms with E-state index in [1.807, 2.05) is 25.1 Å². The molecule has 0 bridgehead atoms. The van der Waals surface area contributed by atoms with E-state index in [9.17, 15) is 4.79 Å². The lowest BCUT2D eigenvalue weighted by atomic mass is 10.3. The SMILES string of the molecule is CC1=Nc2cc(Br)ccc2NC(=O)C1. The van der Waals surface area contributed by atoms with E-state index < -0.39 is 0 Å². The van der Waals surface area contributed by atoms with E-state index in [2.05, 4.69) is 26.2 Å². The highest BCUT2D eigenvalue weighted by Crippen LogP contribution is 2.30. The van der Waals surface area contributed by atoms with Crippen molar-refractivity contribution in [3.05, 3.63) is 22.7 Å². The molecule has 0 atom stereocenters. The smallest absolute Gasteiger partial charge is 0.230 e. The molecule has 1 amide bonds. The Morgan fingerprint density at radius 1 is 1.50 bits per heavy atom. The number of nitrogens with zero attached hydrogens (tertiary/aromatic N) is 1. The summed E-state index contributed by atoms with van der Waals surface area (Å²) in [6.45, 7) is 1.86. The van der Waals surface area contributed by atoms with Gasteiger partial charge in [-0.25, -0.2) is 0 Å². The minimum absolute atomic E-state index is 0.00711. The summed E-state index contributed by atoms with van der Waals surface area (Å²) in [6, 6.07) is 5.62. The van der Waals surface area contributed by atoms with Gasteiger partial charge in [0.15, 0.2) is 0 Å². The van der Waals surface area contributed by atoms with Gasteiger partial charge in [-0.05, 0) is 25.1 Å². The van der Waals surface area contributed by atoms with Crippen LogP contribution in [-0.2, 0) is 4.79 Å². The minimum Gasteiger partial charge on any atom is -0.324 e. The van der Waals surface area contributed by atoms with Crippen molar-refractivity contribution in [2.75, 3.05) is 5.32 Å². The number of aliphatic imine (C=N–C) groups is 1. The molecule has 1 aliphatic rings. The summed E-state index contributed by atoms with van der Waals surface area (Å²) in [7, 11) is 0. The first-order chi connectivity index (χ1) is 6.65. The summed E-state index contributed by atoms with van der Waals surface area (Å²) in [6.07, 6.45) is 0.367. The molecular formula is C10H9BrN2O. The van der Waals surface area contributed by atoms with Crippen molar-refractivity contribution < 1.29 is 4.79 Å². The van der Waals surface area contributed by atoms with E-state index in [0.29, 0.717) is 6.42 Å². The molecule has 0 aliphatic carbocycles. The average molecular weight is 253 g/mol. The Bertz CT molecular complexity index is 426. The van der Waals surface area contributed by atoms with Crippen molar-refractivity contribution in [2.24, 2.45) is 4.99 Å². The second-order valence-corrected chi connectivity index (χ2v) is 4.15. The molecule has 0 aromatic heterocycles. The summed E-state index contributed by atoms with van der Waals surface area (Å²) in [5.41, 5.74) is 2.41. The van der Waals surface area contributed by atoms with Gasteiger partial charge >= 0.3 is 0 Å². The van der Waals surface area contributed by atoms with Crippen LogP contribution < -0.4 is 5.32 Å². The van der Waals surface area contributed by atoms with Crippen LogP contribution in [0.5, 0.6) is 0 Å². The van der Waals surface area contributed by atoms with Gasteiger partial charge in [0.05, 0.1) is 17.8 Å². The highest BCUT2D eigenvalue weighted by Gasteiger charge is 2.12. The molecule has 0 unspecified atom stereocenters. The van der Waals surface area contributed by atoms with Crippen molar-refractivity contribution >= 4 is 38.9 Å². The number of carbonyl (C=O) groups is 1. The van der Waals surface area contributed by atoms with Crippen LogP contribution >= 0.6 is 15.9 Å². The number of hydrogen-bond donors (Lipinski definition) is 1. The topological polar surface area (TPSA) is 41.5 Å². The fourth-order valence-corrected chi connectivity index (χ4v) is 1.72. The fraction of sp³-hybridized carbons (Fsp3) is 0.200. The summed E-state index contributed by atoms with van der Waals surface area (Å²) < 4.78 is 0.962. The molecule has 0 saturated heterocycles. The average Bonchev–Trinajstić information content (AvgIpc) is 2.21. The first-order valence-corrected chi connectivity index (χ1v) is 5.08. The summed E-state index contributed by atoms with van der Waals surface area (Å²) >= 11 is 3.37. The Hall–Kier alpha value is -1.16. The van der Waals surface area contributed by atoms with Crippen LogP contribution in [0.15, 0.2) is 27.7 Å². The van der Waals surface area contributed by atoms with Gasteiger partial charge in [-0.2, -0.15) is 0 Å². The largest absolute Gasteiger partial charge is 0.324 e. The van der Waals surface area contributed by atoms with E-state index in [1.165, 1.54) is 0 Å². The number of hydrogen-bond acceptors (Lipinski definition) is 2. The Morgan fingerprint density at radius 2 is 2.29 bits per heavy atom. The van der Waals surface area contributed by atoms with Gasteiger partial charge in [0, 0.05) is 10.2 Å². The highest BCUT2D eigenvalue weighted by molar-refractivity contribution is 9.10. The molecule has 3 nitrogen and oxygen atoms in total. The van der Waals surface area contributed by atoms with E-state index in [1.54, 1.807) is 0 Å². The summed E-state index contributed by atoms with van der Waals surface area (Å²) in [5.74, 6) is -0.00711. The number of rotatable bonds is 0. The minimum atomic E-state index is -0.00711. The predicted molar refractivity (Wildman–Crippen MR) is 60.2 cm³/mol.